The molecule has 1 aromatic carbocycles. The number of aliphatic imine (C=N–C) groups is 1. The number of hydrogen-bond donors (Lipinski definition) is 1. The highest BCUT2D eigenvalue weighted by Gasteiger charge is 2.59. The van der Waals surface area contributed by atoms with Crippen molar-refractivity contribution in [3.05, 3.63) is 40.7 Å². The average molecular weight is 412 g/mol. The predicted octanol–water partition coefficient (Wildman–Crippen LogP) is 3.94. The molecule has 0 fully saturated rings. The Morgan fingerprint density at radius 2 is 1.90 bits per heavy atom. The van der Waals surface area contributed by atoms with Crippen LogP contribution in [0.2, 0.25) is 0 Å². The van der Waals surface area contributed by atoms with Crippen LogP contribution in [0.25, 0.3) is 0 Å². The summed E-state index contributed by atoms with van der Waals surface area (Å²) in [5.41, 5.74) is -2.97. The number of benzene rings is 1. The molecule has 0 amide bonds. The van der Waals surface area contributed by atoms with Gasteiger partial charge in [-0.2, -0.15) is 18.3 Å². The lowest BCUT2D eigenvalue weighted by atomic mass is 9.84. The Kier molecular flexibility index (Phi) is 6.62. The van der Waals surface area contributed by atoms with Crippen LogP contribution < -0.4 is 4.74 Å². The Labute approximate surface area is 168 Å². The van der Waals surface area contributed by atoms with E-state index in [1.165, 1.54) is 37.0 Å². The van der Waals surface area contributed by atoms with Crippen molar-refractivity contribution >= 4 is 12.0 Å². The lowest BCUT2D eigenvalue weighted by molar-refractivity contribution is -0.249. The molecule has 0 aliphatic heterocycles. The first-order valence-corrected chi connectivity index (χ1v) is 9.26. The van der Waals surface area contributed by atoms with Crippen molar-refractivity contribution in [3.63, 3.8) is 0 Å². The zero-order valence-electron chi connectivity index (χ0n) is 17.5. The lowest BCUT2D eigenvalue weighted by Crippen LogP contribution is -2.44. The highest BCUT2D eigenvalue weighted by molar-refractivity contribution is 5.66. The molecule has 1 unspecified atom stereocenters. The Hall–Kier alpha value is -2.55. The van der Waals surface area contributed by atoms with Crippen molar-refractivity contribution in [2.75, 3.05) is 20.7 Å². The van der Waals surface area contributed by atoms with Crippen LogP contribution in [0.1, 0.15) is 36.2 Å². The Bertz CT molecular complexity index is 893. The fraction of sp³-hybridized carbons (Fsp3) is 0.500. The fourth-order valence-corrected chi connectivity index (χ4v) is 3.00. The van der Waals surface area contributed by atoms with E-state index in [1.807, 2.05) is 18.9 Å². The number of aliphatic hydroxyl groups is 1. The van der Waals surface area contributed by atoms with Gasteiger partial charge in [0.25, 0.3) is 0 Å². The standard InChI is InChI=1S/C20H27F3N4O2/c1-7-26(5)12-24-17-10-18(29-6)15(9-13(17)3)19(28,20(21,22)23)16-11-27(8-2)25-14(16)4/h9-12,28H,7-8H2,1-6H3/b24-12+. The van der Waals surface area contributed by atoms with Crippen molar-refractivity contribution < 1.29 is 23.0 Å². The molecule has 2 rings (SSSR count). The van der Waals surface area contributed by atoms with Gasteiger partial charge in [0.15, 0.2) is 0 Å². The maximum Gasteiger partial charge on any atom is 0.426 e. The summed E-state index contributed by atoms with van der Waals surface area (Å²) in [5, 5.41) is 15.1. The van der Waals surface area contributed by atoms with E-state index in [4.69, 9.17) is 4.74 Å². The number of aryl methyl sites for hydroxylation is 3. The minimum Gasteiger partial charge on any atom is -0.496 e. The highest BCUT2D eigenvalue weighted by Crippen LogP contribution is 2.49. The van der Waals surface area contributed by atoms with Gasteiger partial charge in [-0.05, 0) is 39.3 Å². The molecule has 1 heterocycles. The topological polar surface area (TPSA) is 62.9 Å². The molecule has 0 spiro atoms. The highest BCUT2D eigenvalue weighted by atomic mass is 19.4. The summed E-state index contributed by atoms with van der Waals surface area (Å²) in [6.45, 7) is 7.89. The summed E-state index contributed by atoms with van der Waals surface area (Å²) in [6.07, 6.45) is -2.18. The van der Waals surface area contributed by atoms with Crippen LogP contribution in [0.3, 0.4) is 0 Å². The van der Waals surface area contributed by atoms with Gasteiger partial charge in [-0.1, -0.05) is 0 Å². The van der Waals surface area contributed by atoms with E-state index in [-0.39, 0.29) is 17.0 Å². The van der Waals surface area contributed by atoms with Gasteiger partial charge in [0.1, 0.15) is 5.75 Å². The van der Waals surface area contributed by atoms with Gasteiger partial charge in [-0.15, -0.1) is 0 Å². The van der Waals surface area contributed by atoms with Gasteiger partial charge in [0.2, 0.25) is 5.60 Å². The molecule has 160 valence electrons. The van der Waals surface area contributed by atoms with Gasteiger partial charge in [-0.3, -0.25) is 4.68 Å². The van der Waals surface area contributed by atoms with E-state index in [9.17, 15) is 18.3 Å². The first-order chi connectivity index (χ1) is 13.5. The third kappa shape index (κ3) is 4.24. The Balaban J connectivity index is 2.73. The number of methoxy groups -OCH3 is 1. The van der Waals surface area contributed by atoms with Crippen LogP contribution in [0.4, 0.5) is 18.9 Å². The second kappa shape index (κ2) is 8.44. The molecule has 6 nitrogen and oxygen atoms in total. The van der Waals surface area contributed by atoms with Crippen molar-refractivity contribution in [1.29, 1.82) is 0 Å². The second-order valence-corrected chi connectivity index (χ2v) is 6.85. The van der Waals surface area contributed by atoms with Gasteiger partial charge in [-0.25, -0.2) is 4.99 Å². The zero-order chi connectivity index (χ0) is 22.0. The third-order valence-corrected chi connectivity index (χ3v) is 4.87. The number of rotatable bonds is 7. The predicted molar refractivity (Wildman–Crippen MR) is 106 cm³/mol. The fourth-order valence-electron chi connectivity index (χ4n) is 3.00. The summed E-state index contributed by atoms with van der Waals surface area (Å²) < 4.78 is 49.3. The molecule has 0 saturated heterocycles. The molecule has 0 bridgehead atoms. The van der Waals surface area contributed by atoms with E-state index in [1.54, 1.807) is 20.2 Å². The zero-order valence-corrected chi connectivity index (χ0v) is 17.5. The van der Waals surface area contributed by atoms with Crippen LogP contribution >= 0.6 is 0 Å². The molecule has 29 heavy (non-hydrogen) atoms. The van der Waals surface area contributed by atoms with Crippen molar-refractivity contribution in [2.45, 2.75) is 46.0 Å². The molecule has 2 aromatic rings. The molecule has 0 radical (unpaired) electrons. The summed E-state index contributed by atoms with van der Waals surface area (Å²) in [4.78, 5) is 6.15. The van der Waals surface area contributed by atoms with Crippen molar-refractivity contribution in [3.8, 4) is 5.75 Å². The van der Waals surface area contributed by atoms with Crippen LogP contribution in [-0.2, 0) is 12.1 Å². The first kappa shape index (κ1) is 22.7. The SMILES string of the molecule is CCN(C)/C=N/c1cc(OC)c(C(O)(c2cn(CC)nc2C)C(F)(F)F)cc1C. The lowest BCUT2D eigenvalue weighted by Gasteiger charge is -2.32. The smallest absolute Gasteiger partial charge is 0.426 e. The minimum atomic E-state index is -4.99. The van der Waals surface area contributed by atoms with Crippen LogP contribution in [0, 0.1) is 13.8 Å². The molecule has 9 heteroatoms. The van der Waals surface area contributed by atoms with Crippen molar-refractivity contribution in [2.24, 2.45) is 4.99 Å². The van der Waals surface area contributed by atoms with Gasteiger partial charge in [0, 0.05) is 43.5 Å². The number of halogens is 3. The number of nitrogens with zero attached hydrogens (tertiary/aromatic N) is 4. The van der Waals surface area contributed by atoms with E-state index in [2.05, 4.69) is 10.1 Å². The maximum atomic E-state index is 14.2. The summed E-state index contributed by atoms with van der Waals surface area (Å²) >= 11 is 0. The summed E-state index contributed by atoms with van der Waals surface area (Å²) in [6, 6.07) is 2.68. The van der Waals surface area contributed by atoms with E-state index in [0.29, 0.717) is 17.8 Å². The molecule has 1 N–H and O–H groups in total. The molecular weight excluding hydrogens is 385 g/mol. The van der Waals surface area contributed by atoms with Crippen LogP contribution in [-0.4, -0.2) is 53.0 Å². The Morgan fingerprint density at radius 3 is 2.38 bits per heavy atom. The summed E-state index contributed by atoms with van der Waals surface area (Å²) in [5.74, 6) is -0.106. The maximum absolute atomic E-state index is 14.2. The largest absolute Gasteiger partial charge is 0.496 e. The van der Waals surface area contributed by atoms with E-state index in [0.717, 1.165) is 6.54 Å². The van der Waals surface area contributed by atoms with Gasteiger partial charge < -0.3 is 14.7 Å². The van der Waals surface area contributed by atoms with Gasteiger partial charge >= 0.3 is 6.18 Å². The minimum absolute atomic E-state index is 0.0954. The molecule has 0 saturated carbocycles. The number of hydrogen-bond acceptors (Lipinski definition) is 4. The quantitative estimate of drug-likeness (QED) is 0.553. The number of alkyl halides is 3. The molecule has 1 atom stereocenters. The van der Waals surface area contributed by atoms with Crippen LogP contribution in [0.5, 0.6) is 5.75 Å². The van der Waals surface area contributed by atoms with E-state index >= 15 is 0 Å². The second-order valence-electron chi connectivity index (χ2n) is 6.85. The normalized spacial score (nSPS) is 14.3. The molecule has 1 aromatic heterocycles. The number of aromatic nitrogens is 2. The number of ether oxygens (including phenoxy) is 1. The Morgan fingerprint density at radius 1 is 1.24 bits per heavy atom. The third-order valence-electron chi connectivity index (χ3n) is 4.87. The van der Waals surface area contributed by atoms with E-state index < -0.39 is 17.3 Å². The average Bonchev–Trinajstić information content (AvgIpc) is 3.06. The van der Waals surface area contributed by atoms with Crippen LogP contribution in [0.15, 0.2) is 23.3 Å². The monoisotopic (exact) mass is 412 g/mol. The van der Waals surface area contributed by atoms with Gasteiger partial charge in [0.05, 0.1) is 24.8 Å². The molecule has 0 aliphatic rings. The first-order valence-electron chi connectivity index (χ1n) is 9.26. The molecular formula is C20H27F3N4O2. The van der Waals surface area contributed by atoms with Crippen molar-refractivity contribution in [1.82, 2.24) is 14.7 Å². The summed E-state index contributed by atoms with van der Waals surface area (Å²) in [7, 11) is 3.10. The molecule has 0 aliphatic carbocycles.